The monoisotopic (exact) mass is 576 g/mol. The lowest BCUT2D eigenvalue weighted by Gasteiger charge is -2.60. The molecule has 0 radical (unpaired) electrons. The molecule has 0 aromatic carbocycles. The zero-order chi connectivity index (χ0) is 29.1. The summed E-state index contributed by atoms with van der Waals surface area (Å²) < 4.78 is 0. The van der Waals surface area contributed by atoms with Crippen molar-refractivity contribution in [1.29, 1.82) is 0 Å². The first kappa shape index (κ1) is 28.7. The molecular formula is C38H60N2O2. The molecule has 8 rings (SSSR count). The summed E-state index contributed by atoms with van der Waals surface area (Å²) in [7, 11) is 0. The van der Waals surface area contributed by atoms with Crippen LogP contribution in [0.5, 0.6) is 0 Å². The van der Waals surface area contributed by atoms with Crippen molar-refractivity contribution in [2.75, 3.05) is 0 Å². The number of aliphatic hydroxyl groups excluding tert-OH is 2. The van der Waals surface area contributed by atoms with Crippen LogP contribution in [0.2, 0.25) is 0 Å². The molecule has 4 nitrogen and oxygen atoms in total. The van der Waals surface area contributed by atoms with Gasteiger partial charge < -0.3 is 10.2 Å². The molecule has 42 heavy (non-hydrogen) atoms. The highest BCUT2D eigenvalue weighted by atomic mass is 16.3. The van der Waals surface area contributed by atoms with Crippen LogP contribution in [-0.4, -0.2) is 33.8 Å². The summed E-state index contributed by atoms with van der Waals surface area (Å²) in [5.74, 6) is 6.44. The SMILES string of the molecule is C[C@]12CCC(O)CC1CCC1C2CC[C@]2(C)C(=NN=C3CCC4C5CCC6CC(O)CC[C@]6(C)C5CC[C@]34C)CCC12. The van der Waals surface area contributed by atoms with Gasteiger partial charge in [0.15, 0.2) is 0 Å². The maximum Gasteiger partial charge on any atom is 0.0543 e. The minimum atomic E-state index is -0.0516. The average molecular weight is 577 g/mol. The summed E-state index contributed by atoms with van der Waals surface area (Å²) in [6.45, 7) is 10.4. The van der Waals surface area contributed by atoms with Crippen LogP contribution in [0.25, 0.3) is 0 Å². The first-order valence-electron chi connectivity index (χ1n) is 18.6. The lowest BCUT2D eigenvalue weighted by molar-refractivity contribution is -0.114. The Morgan fingerprint density at radius 3 is 1.36 bits per heavy atom. The van der Waals surface area contributed by atoms with Crippen molar-refractivity contribution in [2.24, 2.45) is 79.2 Å². The molecular weight excluding hydrogens is 516 g/mol. The fourth-order valence-corrected chi connectivity index (χ4v) is 14.5. The van der Waals surface area contributed by atoms with Crippen molar-refractivity contribution in [2.45, 2.75) is 155 Å². The van der Waals surface area contributed by atoms with Crippen LogP contribution < -0.4 is 0 Å². The van der Waals surface area contributed by atoms with E-state index in [4.69, 9.17) is 10.2 Å². The second-order valence-corrected chi connectivity index (χ2v) is 18.3. The van der Waals surface area contributed by atoms with Gasteiger partial charge in [-0.1, -0.05) is 27.7 Å². The predicted molar refractivity (Wildman–Crippen MR) is 170 cm³/mol. The molecule has 0 spiro atoms. The number of hydrogen-bond acceptors (Lipinski definition) is 4. The Hall–Kier alpha value is -0.740. The van der Waals surface area contributed by atoms with E-state index in [2.05, 4.69) is 27.7 Å². The molecule has 2 N–H and O–H groups in total. The van der Waals surface area contributed by atoms with E-state index in [0.717, 1.165) is 85.9 Å². The van der Waals surface area contributed by atoms with Crippen molar-refractivity contribution in [1.82, 2.24) is 0 Å². The van der Waals surface area contributed by atoms with Gasteiger partial charge in [0.05, 0.1) is 12.2 Å². The lowest BCUT2D eigenvalue weighted by Crippen LogP contribution is -2.54. The number of fused-ring (bicyclic) bond motifs is 10. The molecule has 0 heterocycles. The number of rotatable bonds is 1. The quantitative estimate of drug-likeness (QED) is 0.307. The van der Waals surface area contributed by atoms with Gasteiger partial charge in [0.25, 0.3) is 0 Å². The van der Waals surface area contributed by atoms with Crippen LogP contribution in [0, 0.1) is 69.0 Å². The van der Waals surface area contributed by atoms with E-state index < -0.39 is 0 Å². The van der Waals surface area contributed by atoms with Gasteiger partial charge in [-0.15, -0.1) is 0 Å². The zero-order valence-corrected chi connectivity index (χ0v) is 27.3. The summed E-state index contributed by atoms with van der Waals surface area (Å²) in [4.78, 5) is 0. The van der Waals surface area contributed by atoms with Gasteiger partial charge in [-0.25, -0.2) is 0 Å². The molecule has 0 aliphatic heterocycles. The molecule has 0 saturated heterocycles. The minimum absolute atomic E-state index is 0.0516. The highest BCUT2D eigenvalue weighted by Crippen LogP contribution is 2.67. The lowest BCUT2D eigenvalue weighted by atomic mass is 9.45. The maximum absolute atomic E-state index is 10.4. The third-order valence-corrected chi connectivity index (χ3v) is 17.0. The van der Waals surface area contributed by atoms with Gasteiger partial charge in [0, 0.05) is 22.3 Å². The van der Waals surface area contributed by atoms with Gasteiger partial charge in [-0.05, 0) is 174 Å². The highest BCUT2D eigenvalue weighted by Gasteiger charge is 2.61. The van der Waals surface area contributed by atoms with Gasteiger partial charge in [-0.2, -0.15) is 10.2 Å². The Morgan fingerprint density at radius 1 is 0.500 bits per heavy atom. The molecule has 8 aliphatic carbocycles. The standard InChI is InChI=1S/C38H60N2O2/c1-35-17-13-25(41)21-23(35)5-7-27-29-9-11-33(37(29,3)19-15-31(27)35)39-40-34-12-10-30-28-8-6-24-22-26(42)14-18-36(24,2)32(28)16-20-38(30,34)4/h23-32,41-42H,5-22H2,1-4H3/t23?,24?,25?,26?,27?,28?,29?,30?,31?,32?,35-,36-,37-,38-/m0/s1. The van der Waals surface area contributed by atoms with Crippen LogP contribution in [-0.2, 0) is 0 Å². The number of nitrogens with zero attached hydrogens (tertiary/aromatic N) is 2. The topological polar surface area (TPSA) is 65.2 Å². The molecule has 8 fully saturated rings. The molecule has 234 valence electrons. The molecule has 10 unspecified atom stereocenters. The van der Waals surface area contributed by atoms with Crippen molar-refractivity contribution in [3.05, 3.63) is 0 Å². The minimum Gasteiger partial charge on any atom is -0.393 e. The Balaban J connectivity index is 1.00. The van der Waals surface area contributed by atoms with Crippen molar-refractivity contribution in [3.63, 3.8) is 0 Å². The molecule has 8 saturated carbocycles. The smallest absolute Gasteiger partial charge is 0.0543 e. The first-order chi connectivity index (χ1) is 20.1. The maximum atomic E-state index is 10.4. The molecule has 14 atom stereocenters. The molecule has 0 aromatic rings. The summed E-state index contributed by atoms with van der Waals surface area (Å²) in [5.41, 5.74) is 4.28. The summed E-state index contributed by atoms with van der Waals surface area (Å²) in [5, 5.41) is 31.4. The Kier molecular flexibility index (Phi) is 6.75. The molecule has 0 amide bonds. The second kappa shape index (κ2) is 9.88. The molecule has 0 aromatic heterocycles. The molecule has 0 bridgehead atoms. The van der Waals surface area contributed by atoms with Crippen LogP contribution >= 0.6 is 0 Å². The normalized spacial score (nSPS) is 58.9. The molecule has 8 aliphatic rings. The van der Waals surface area contributed by atoms with Crippen molar-refractivity contribution >= 4 is 11.4 Å². The first-order valence-corrected chi connectivity index (χ1v) is 18.6. The number of aliphatic hydroxyl groups is 2. The predicted octanol–water partition coefficient (Wildman–Crippen LogP) is 8.59. The summed E-state index contributed by atoms with van der Waals surface area (Å²) in [6.07, 6.45) is 22.2. The van der Waals surface area contributed by atoms with E-state index in [1.54, 1.807) is 0 Å². The van der Waals surface area contributed by atoms with Gasteiger partial charge in [-0.3, -0.25) is 0 Å². The van der Waals surface area contributed by atoms with Crippen LogP contribution in [0.1, 0.15) is 143 Å². The Bertz CT molecular complexity index is 1060. The van der Waals surface area contributed by atoms with Gasteiger partial charge in [0.1, 0.15) is 0 Å². The summed E-state index contributed by atoms with van der Waals surface area (Å²) in [6, 6.07) is 0. The van der Waals surface area contributed by atoms with E-state index in [1.807, 2.05) is 0 Å². The Labute approximate surface area is 256 Å². The van der Waals surface area contributed by atoms with E-state index in [1.165, 1.54) is 88.5 Å². The average Bonchev–Trinajstić information content (AvgIpc) is 3.48. The Morgan fingerprint density at radius 2 is 0.929 bits per heavy atom. The van der Waals surface area contributed by atoms with E-state index in [0.29, 0.717) is 10.8 Å². The largest absolute Gasteiger partial charge is 0.393 e. The van der Waals surface area contributed by atoms with E-state index in [9.17, 15) is 10.2 Å². The van der Waals surface area contributed by atoms with Crippen LogP contribution in [0.3, 0.4) is 0 Å². The fraction of sp³-hybridized carbons (Fsp3) is 0.947. The highest BCUT2D eigenvalue weighted by molar-refractivity contribution is 5.95. The number of hydrogen-bond donors (Lipinski definition) is 2. The molecule has 4 heteroatoms. The zero-order valence-electron chi connectivity index (χ0n) is 27.3. The third-order valence-electron chi connectivity index (χ3n) is 17.0. The van der Waals surface area contributed by atoms with E-state index >= 15 is 0 Å². The van der Waals surface area contributed by atoms with Crippen molar-refractivity contribution in [3.8, 4) is 0 Å². The fourth-order valence-electron chi connectivity index (χ4n) is 14.5. The van der Waals surface area contributed by atoms with Crippen LogP contribution in [0.15, 0.2) is 10.2 Å². The van der Waals surface area contributed by atoms with E-state index in [-0.39, 0.29) is 23.0 Å². The van der Waals surface area contributed by atoms with Gasteiger partial charge in [0.2, 0.25) is 0 Å². The van der Waals surface area contributed by atoms with Crippen LogP contribution in [0.4, 0.5) is 0 Å². The third kappa shape index (κ3) is 3.97. The summed E-state index contributed by atoms with van der Waals surface area (Å²) >= 11 is 0. The van der Waals surface area contributed by atoms with Gasteiger partial charge >= 0.3 is 0 Å². The second-order valence-electron chi connectivity index (χ2n) is 18.3. The van der Waals surface area contributed by atoms with Crippen molar-refractivity contribution < 1.29 is 10.2 Å².